The second kappa shape index (κ2) is 12.9. The quantitative estimate of drug-likeness (QED) is 0.218. The van der Waals surface area contributed by atoms with Crippen molar-refractivity contribution >= 4 is 58.4 Å². The van der Waals surface area contributed by atoms with E-state index in [1.54, 1.807) is 50.2 Å². The first-order chi connectivity index (χ1) is 17.5. The van der Waals surface area contributed by atoms with Gasteiger partial charge >= 0.3 is 5.97 Å². The molecule has 12 heteroatoms. The zero-order chi connectivity index (χ0) is 27.1. The Morgan fingerprint density at radius 2 is 1.84 bits per heavy atom. The fraction of sp³-hybridized carbons (Fsp3) is 0.320. The Balaban J connectivity index is 1.59. The average molecular weight is 564 g/mol. The monoisotopic (exact) mass is 563 g/mol. The van der Waals surface area contributed by atoms with Crippen LogP contribution < -0.4 is 10.6 Å². The van der Waals surface area contributed by atoms with Crippen LogP contribution in [0.5, 0.6) is 0 Å². The van der Waals surface area contributed by atoms with E-state index in [1.165, 1.54) is 6.07 Å². The molecule has 2 amide bonds. The number of carbonyl (C=O) groups excluding carboxylic acids is 3. The summed E-state index contributed by atoms with van der Waals surface area (Å²) in [6, 6.07) is 10.7. The second-order valence-electron chi connectivity index (χ2n) is 8.69. The zero-order valence-electron chi connectivity index (χ0n) is 20.7. The van der Waals surface area contributed by atoms with Gasteiger partial charge in [0.1, 0.15) is 5.82 Å². The fourth-order valence-corrected chi connectivity index (χ4v) is 4.34. The van der Waals surface area contributed by atoms with Gasteiger partial charge in [-0.15, -0.1) is 5.10 Å². The second-order valence-corrected chi connectivity index (χ2v) is 10.5. The molecule has 9 nitrogen and oxygen atoms in total. The van der Waals surface area contributed by atoms with Crippen molar-refractivity contribution in [2.75, 3.05) is 11.1 Å². The summed E-state index contributed by atoms with van der Waals surface area (Å²) in [6.45, 7) is 7.40. The third-order valence-corrected chi connectivity index (χ3v) is 6.36. The molecule has 3 aromatic rings. The number of nitrogens with one attached hydrogen (secondary N) is 3. The first-order valence-corrected chi connectivity index (χ1v) is 13.2. The summed E-state index contributed by atoms with van der Waals surface area (Å²) in [6.07, 6.45) is -0.243. The van der Waals surface area contributed by atoms with Gasteiger partial charge in [-0.2, -0.15) is 0 Å². The number of hydrogen-bond acceptors (Lipinski definition) is 7. The minimum atomic E-state index is -0.469. The molecule has 1 atom stereocenters. The van der Waals surface area contributed by atoms with Crippen LogP contribution in [0, 0.1) is 5.92 Å². The molecular weight excluding hydrogens is 537 g/mol. The first-order valence-electron chi connectivity index (χ1n) is 11.5. The van der Waals surface area contributed by atoms with Gasteiger partial charge in [0.2, 0.25) is 11.1 Å². The summed E-state index contributed by atoms with van der Waals surface area (Å²) in [7, 11) is 0. The number of ether oxygens (including phenoxy) is 1. The lowest BCUT2D eigenvalue weighted by molar-refractivity contribution is -0.113. The van der Waals surface area contributed by atoms with Crippen molar-refractivity contribution in [3.63, 3.8) is 0 Å². The SMILES string of the molecule is CC(C)OC(=O)c1cccc(NC(=O)CSc2n[nH]c([C@@H](NC(=O)c3ccc(Cl)cc3Cl)C(C)C)n2)c1. The molecule has 0 aliphatic carbocycles. The number of nitrogens with zero attached hydrogens (tertiary/aromatic N) is 2. The number of thioether (sulfide) groups is 1. The molecule has 37 heavy (non-hydrogen) atoms. The number of amides is 2. The smallest absolute Gasteiger partial charge is 0.338 e. The third-order valence-electron chi connectivity index (χ3n) is 4.96. The van der Waals surface area contributed by atoms with Gasteiger partial charge in [0.25, 0.3) is 5.91 Å². The molecule has 0 aliphatic heterocycles. The summed E-state index contributed by atoms with van der Waals surface area (Å²) in [4.78, 5) is 41.8. The van der Waals surface area contributed by atoms with E-state index in [2.05, 4.69) is 25.8 Å². The van der Waals surface area contributed by atoms with Crippen LogP contribution in [0.25, 0.3) is 0 Å². The van der Waals surface area contributed by atoms with E-state index in [-0.39, 0.29) is 34.6 Å². The van der Waals surface area contributed by atoms with Gasteiger partial charge in [-0.05, 0) is 56.2 Å². The highest BCUT2D eigenvalue weighted by molar-refractivity contribution is 7.99. The van der Waals surface area contributed by atoms with Gasteiger partial charge in [-0.3, -0.25) is 14.7 Å². The van der Waals surface area contributed by atoms with E-state index >= 15 is 0 Å². The molecule has 3 rings (SSSR count). The van der Waals surface area contributed by atoms with Crippen molar-refractivity contribution in [2.24, 2.45) is 5.92 Å². The van der Waals surface area contributed by atoms with Crippen LogP contribution in [-0.4, -0.2) is 44.8 Å². The number of hydrogen-bond donors (Lipinski definition) is 3. The van der Waals surface area contributed by atoms with Gasteiger partial charge < -0.3 is 15.4 Å². The van der Waals surface area contributed by atoms with E-state index in [0.717, 1.165) is 11.8 Å². The molecule has 0 aliphatic rings. The number of esters is 1. The minimum Gasteiger partial charge on any atom is -0.459 e. The Kier molecular flexibility index (Phi) is 9.96. The van der Waals surface area contributed by atoms with Crippen molar-refractivity contribution < 1.29 is 19.1 Å². The van der Waals surface area contributed by atoms with Gasteiger partial charge in [-0.1, -0.05) is 54.9 Å². The molecule has 3 N–H and O–H groups in total. The molecule has 0 bridgehead atoms. The van der Waals surface area contributed by atoms with Crippen LogP contribution in [0.2, 0.25) is 10.0 Å². The maximum absolute atomic E-state index is 12.8. The lowest BCUT2D eigenvalue weighted by atomic mass is 10.0. The highest BCUT2D eigenvalue weighted by Crippen LogP contribution is 2.25. The molecule has 0 saturated carbocycles. The summed E-state index contributed by atoms with van der Waals surface area (Å²) in [5.41, 5.74) is 1.12. The number of halogens is 2. The summed E-state index contributed by atoms with van der Waals surface area (Å²) in [5, 5.41) is 13.7. The van der Waals surface area contributed by atoms with Crippen molar-refractivity contribution in [3.8, 4) is 0 Å². The fourth-order valence-electron chi connectivity index (χ4n) is 3.24. The predicted molar refractivity (Wildman–Crippen MR) is 144 cm³/mol. The zero-order valence-corrected chi connectivity index (χ0v) is 23.0. The molecule has 0 spiro atoms. The molecule has 0 fully saturated rings. The molecular formula is C25H27Cl2N5O4S. The highest BCUT2D eigenvalue weighted by atomic mass is 35.5. The predicted octanol–water partition coefficient (Wildman–Crippen LogP) is 5.53. The van der Waals surface area contributed by atoms with E-state index in [4.69, 9.17) is 27.9 Å². The Morgan fingerprint density at radius 3 is 2.51 bits per heavy atom. The number of anilines is 1. The number of carbonyl (C=O) groups is 3. The normalized spacial score (nSPS) is 11.9. The van der Waals surface area contributed by atoms with E-state index in [0.29, 0.717) is 32.8 Å². The Bertz CT molecular complexity index is 1280. The number of aromatic amines is 1. The maximum Gasteiger partial charge on any atom is 0.338 e. The summed E-state index contributed by atoms with van der Waals surface area (Å²) in [5.74, 6) is -0.649. The van der Waals surface area contributed by atoms with Crippen LogP contribution in [0.4, 0.5) is 5.69 Å². The lowest BCUT2D eigenvalue weighted by Gasteiger charge is -2.20. The van der Waals surface area contributed by atoms with Crippen molar-refractivity contribution in [1.82, 2.24) is 20.5 Å². The Morgan fingerprint density at radius 1 is 1.08 bits per heavy atom. The highest BCUT2D eigenvalue weighted by Gasteiger charge is 2.24. The standard InChI is InChI=1S/C25H27Cl2N5O4S/c1-13(2)21(29-23(34)18-9-8-16(26)11-19(18)27)22-30-25(32-31-22)37-12-20(33)28-17-7-5-6-15(10-17)24(35)36-14(3)4/h5-11,13-14,21H,12H2,1-4H3,(H,28,33)(H,29,34)(H,30,31,32)/t21-/m0/s1. The summed E-state index contributed by atoms with van der Waals surface area (Å²) >= 11 is 13.2. The average Bonchev–Trinajstić information content (AvgIpc) is 3.29. The first kappa shape index (κ1) is 28.5. The number of benzene rings is 2. The molecule has 0 radical (unpaired) electrons. The molecule has 1 heterocycles. The topological polar surface area (TPSA) is 126 Å². The van der Waals surface area contributed by atoms with Crippen LogP contribution in [0.1, 0.15) is 60.3 Å². The van der Waals surface area contributed by atoms with E-state index < -0.39 is 12.0 Å². The molecule has 1 aromatic heterocycles. The Labute approximate surface area is 229 Å². The molecule has 0 saturated heterocycles. The van der Waals surface area contributed by atoms with Gasteiger partial charge in [0.05, 0.1) is 34.0 Å². The van der Waals surface area contributed by atoms with Crippen LogP contribution >= 0.6 is 35.0 Å². The number of H-pyrrole nitrogens is 1. The molecule has 2 aromatic carbocycles. The third kappa shape index (κ3) is 8.21. The van der Waals surface area contributed by atoms with E-state index in [1.807, 2.05) is 13.8 Å². The number of aromatic nitrogens is 3. The van der Waals surface area contributed by atoms with Crippen LogP contribution in [-0.2, 0) is 9.53 Å². The maximum atomic E-state index is 12.8. The summed E-state index contributed by atoms with van der Waals surface area (Å²) < 4.78 is 5.19. The van der Waals surface area contributed by atoms with Crippen molar-refractivity contribution in [2.45, 2.75) is 45.0 Å². The van der Waals surface area contributed by atoms with Gasteiger partial charge in [0.15, 0.2) is 0 Å². The largest absolute Gasteiger partial charge is 0.459 e. The van der Waals surface area contributed by atoms with Crippen molar-refractivity contribution in [3.05, 3.63) is 69.5 Å². The molecule has 0 unspecified atom stereocenters. The number of rotatable bonds is 10. The van der Waals surface area contributed by atoms with E-state index in [9.17, 15) is 14.4 Å². The van der Waals surface area contributed by atoms with Crippen molar-refractivity contribution in [1.29, 1.82) is 0 Å². The van der Waals surface area contributed by atoms with Crippen LogP contribution in [0.3, 0.4) is 0 Å². The Hall–Kier alpha value is -3.08. The van der Waals surface area contributed by atoms with Gasteiger partial charge in [-0.25, -0.2) is 9.78 Å². The lowest BCUT2D eigenvalue weighted by Crippen LogP contribution is -2.32. The minimum absolute atomic E-state index is 0.0150. The van der Waals surface area contributed by atoms with Gasteiger partial charge in [0, 0.05) is 10.7 Å². The molecule has 196 valence electrons. The van der Waals surface area contributed by atoms with Crippen LogP contribution in [0.15, 0.2) is 47.6 Å².